The van der Waals surface area contributed by atoms with Crippen LogP contribution in [0.3, 0.4) is 0 Å². The first-order valence-electron chi connectivity index (χ1n) is 6.44. The largest absolute Gasteiger partial charge is 0.369 e. The lowest BCUT2D eigenvalue weighted by molar-refractivity contribution is 0.405. The minimum absolute atomic E-state index is 0.312. The SMILES string of the molecule is CCc1cc2c(NCCCN(C)C)nc(Cl)nc2s1. The molecule has 0 saturated carbocycles. The first-order valence-corrected chi connectivity index (χ1v) is 7.64. The molecule has 6 heteroatoms. The third-order valence-electron chi connectivity index (χ3n) is 2.84. The van der Waals surface area contributed by atoms with Crippen LogP contribution in [-0.2, 0) is 6.42 Å². The molecule has 0 radical (unpaired) electrons. The van der Waals surface area contributed by atoms with Gasteiger partial charge in [0, 0.05) is 11.4 Å². The standard InChI is InChI=1S/C13H19ClN4S/c1-4-9-8-10-11(15-6-5-7-18(2)3)16-13(14)17-12(10)19-9/h8H,4-7H2,1-3H3,(H,15,16,17). The Morgan fingerprint density at radius 2 is 2.16 bits per heavy atom. The molecule has 2 aromatic rings. The van der Waals surface area contributed by atoms with Crippen LogP contribution < -0.4 is 5.32 Å². The molecule has 104 valence electrons. The zero-order chi connectivity index (χ0) is 13.8. The number of hydrogen-bond acceptors (Lipinski definition) is 5. The lowest BCUT2D eigenvalue weighted by Gasteiger charge is -2.10. The maximum atomic E-state index is 5.98. The molecule has 0 aliphatic heterocycles. The summed E-state index contributed by atoms with van der Waals surface area (Å²) in [4.78, 5) is 13.0. The minimum atomic E-state index is 0.312. The summed E-state index contributed by atoms with van der Waals surface area (Å²) in [5.41, 5.74) is 0. The van der Waals surface area contributed by atoms with Gasteiger partial charge in [0.05, 0.1) is 5.39 Å². The number of aryl methyl sites for hydroxylation is 1. The van der Waals surface area contributed by atoms with E-state index in [9.17, 15) is 0 Å². The van der Waals surface area contributed by atoms with Crippen molar-refractivity contribution in [3.05, 3.63) is 16.2 Å². The third-order valence-corrected chi connectivity index (χ3v) is 4.18. The van der Waals surface area contributed by atoms with Crippen LogP contribution in [0.4, 0.5) is 5.82 Å². The second-order valence-electron chi connectivity index (χ2n) is 4.71. The molecular weight excluding hydrogens is 280 g/mol. The lowest BCUT2D eigenvalue weighted by Crippen LogP contribution is -2.16. The van der Waals surface area contributed by atoms with Gasteiger partial charge in [0.1, 0.15) is 10.6 Å². The van der Waals surface area contributed by atoms with Crippen molar-refractivity contribution in [3.63, 3.8) is 0 Å². The van der Waals surface area contributed by atoms with Gasteiger partial charge in [0.2, 0.25) is 5.28 Å². The number of halogens is 1. The van der Waals surface area contributed by atoms with Crippen LogP contribution in [0.15, 0.2) is 6.07 Å². The Labute approximate surface area is 122 Å². The van der Waals surface area contributed by atoms with E-state index in [2.05, 4.69) is 47.3 Å². The first kappa shape index (κ1) is 14.5. The van der Waals surface area contributed by atoms with E-state index in [1.165, 1.54) is 4.88 Å². The summed E-state index contributed by atoms with van der Waals surface area (Å²) in [6.07, 6.45) is 2.08. The smallest absolute Gasteiger partial charge is 0.225 e. The molecule has 0 atom stereocenters. The molecule has 2 heterocycles. The fraction of sp³-hybridized carbons (Fsp3) is 0.538. The Hall–Kier alpha value is -0.910. The van der Waals surface area contributed by atoms with Crippen molar-refractivity contribution in [1.82, 2.24) is 14.9 Å². The Kier molecular flexibility index (Phi) is 4.96. The van der Waals surface area contributed by atoms with E-state index >= 15 is 0 Å². The minimum Gasteiger partial charge on any atom is -0.369 e. The number of hydrogen-bond donors (Lipinski definition) is 1. The molecule has 0 spiro atoms. The van der Waals surface area contributed by atoms with Gasteiger partial charge in [0.25, 0.3) is 0 Å². The number of nitrogens with one attached hydrogen (secondary N) is 1. The second kappa shape index (κ2) is 6.50. The van der Waals surface area contributed by atoms with Crippen LogP contribution in [-0.4, -0.2) is 42.1 Å². The number of anilines is 1. The maximum absolute atomic E-state index is 5.98. The summed E-state index contributed by atoms with van der Waals surface area (Å²) in [5.74, 6) is 0.852. The van der Waals surface area contributed by atoms with Crippen LogP contribution in [0.25, 0.3) is 10.2 Å². The van der Waals surface area contributed by atoms with E-state index in [1.54, 1.807) is 11.3 Å². The molecule has 4 nitrogen and oxygen atoms in total. The van der Waals surface area contributed by atoms with E-state index in [1.807, 2.05) is 0 Å². The van der Waals surface area contributed by atoms with Crippen molar-refractivity contribution in [1.29, 1.82) is 0 Å². The van der Waals surface area contributed by atoms with Gasteiger partial charge < -0.3 is 10.2 Å². The van der Waals surface area contributed by atoms with Crippen molar-refractivity contribution in [2.75, 3.05) is 32.5 Å². The van der Waals surface area contributed by atoms with Gasteiger partial charge >= 0.3 is 0 Å². The van der Waals surface area contributed by atoms with E-state index < -0.39 is 0 Å². The fourth-order valence-electron chi connectivity index (χ4n) is 1.86. The van der Waals surface area contributed by atoms with E-state index in [4.69, 9.17) is 11.6 Å². The van der Waals surface area contributed by atoms with Crippen LogP contribution in [0.1, 0.15) is 18.2 Å². The van der Waals surface area contributed by atoms with Crippen molar-refractivity contribution in [2.45, 2.75) is 19.8 Å². The van der Waals surface area contributed by atoms with Crippen molar-refractivity contribution in [2.24, 2.45) is 0 Å². The molecule has 0 bridgehead atoms. The molecule has 1 N–H and O–H groups in total. The topological polar surface area (TPSA) is 41.0 Å². The molecule has 0 aliphatic rings. The Morgan fingerprint density at radius 1 is 1.37 bits per heavy atom. The molecule has 0 aliphatic carbocycles. The Morgan fingerprint density at radius 3 is 2.84 bits per heavy atom. The highest BCUT2D eigenvalue weighted by molar-refractivity contribution is 7.18. The van der Waals surface area contributed by atoms with Crippen molar-refractivity contribution in [3.8, 4) is 0 Å². The van der Waals surface area contributed by atoms with Crippen LogP contribution in [0, 0.1) is 0 Å². The average molecular weight is 299 g/mol. The summed E-state index contributed by atoms with van der Waals surface area (Å²) in [6.45, 7) is 4.08. The predicted molar refractivity (Wildman–Crippen MR) is 83.5 cm³/mol. The Balaban J connectivity index is 2.14. The third kappa shape index (κ3) is 3.78. The van der Waals surface area contributed by atoms with Gasteiger partial charge in [-0.25, -0.2) is 9.97 Å². The summed E-state index contributed by atoms with van der Waals surface area (Å²) >= 11 is 7.66. The molecular formula is C13H19ClN4S. The highest BCUT2D eigenvalue weighted by Crippen LogP contribution is 2.30. The van der Waals surface area contributed by atoms with Gasteiger partial charge in [-0.05, 0) is 51.1 Å². The van der Waals surface area contributed by atoms with E-state index in [0.717, 1.165) is 42.0 Å². The summed E-state index contributed by atoms with van der Waals surface area (Å²) in [5, 5.41) is 4.76. The highest BCUT2D eigenvalue weighted by Gasteiger charge is 2.10. The first-order chi connectivity index (χ1) is 9.10. The molecule has 2 aromatic heterocycles. The number of thiophene rings is 1. The summed E-state index contributed by atoms with van der Waals surface area (Å²) in [7, 11) is 4.15. The normalized spacial score (nSPS) is 11.4. The number of aromatic nitrogens is 2. The van der Waals surface area contributed by atoms with Gasteiger partial charge in [-0.2, -0.15) is 0 Å². The maximum Gasteiger partial charge on any atom is 0.225 e. The predicted octanol–water partition coefficient (Wildman–Crippen LogP) is 3.27. The van der Waals surface area contributed by atoms with Gasteiger partial charge in [-0.1, -0.05) is 6.92 Å². The van der Waals surface area contributed by atoms with E-state index in [0.29, 0.717) is 5.28 Å². The summed E-state index contributed by atoms with van der Waals surface area (Å²) in [6, 6.07) is 2.16. The molecule has 0 saturated heterocycles. The van der Waals surface area contributed by atoms with E-state index in [-0.39, 0.29) is 0 Å². The van der Waals surface area contributed by atoms with Crippen LogP contribution >= 0.6 is 22.9 Å². The molecule has 2 rings (SSSR count). The summed E-state index contributed by atoms with van der Waals surface area (Å²) < 4.78 is 0. The number of nitrogens with zero attached hydrogens (tertiary/aromatic N) is 3. The monoisotopic (exact) mass is 298 g/mol. The zero-order valence-corrected chi connectivity index (χ0v) is 13.1. The van der Waals surface area contributed by atoms with Crippen LogP contribution in [0.5, 0.6) is 0 Å². The number of rotatable bonds is 6. The molecule has 0 unspecified atom stereocenters. The molecule has 0 aromatic carbocycles. The average Bonchev–Trinajstić information content (AvgIpc) is 2.77. The molecule has 19 heavy (non-hydrogen) atoms. The fourth-order valence-corrected chi connectivity index (χ4v) is 3.04. The lowest BCUT2D eigenvalue weighted by atomic mass is 10.3. The van der Waals surface area contributed by atoms with Gasteiger partial charge in [-0.3, -0.25) is 0 Å². The molecule has 0 fully saturated rings. The molecule has 0 amide bonds. The zero-order valence-electron chi connectivity index (χ0n) is 11.5. The number of fused-ring (bicyclic) bond motifs is 1. The van der Waals surface area contributed by atoms with Crippen molar-refractivity contribution < 1.29 is 0 Å². The van der Waals surface area contributed by atoms with Gasteiger partial charge in [0.15, 0.2) is 0 Å². The Bertz CT molecular complexity index is 553. The quantitative estimate of drug-likeness (QED) is 0.656. The highest BCUT2D eigenvalue weighted by atomic mass is 35.5. The van der Waals surface area contributed by atoms with Crippen molar-refractivity contribution >= 4 is 39.0 Å². The second-order valence-corrected chi connectivity index (χ2v) is 6.16. The van der Waals surface area contributed by atoms with Crippen LogP contribution in [0.2, 0.25) is 5.28 Å². The van der Waals surface area contributed by atoms with Gasteiger partial charge in [-0.15, -0.1) is 11.3 Å².